The van der Waals surface area contributed by atoms with Crippen molar-refractivity contribution in [2.24, 2.45) is 0 Å². The molecule has 0 spiro atoms. The highest BCUT2D eigenvalue weighted by molar-refractivity contribution is 5.76. The number of nitrogens with zero attached hydrogens (tertiary/aromatic N) is 3. The van der Waals surface area contributed by atoms with Crippen LogP contribution in [0.25, 0.3) is 11.3 Å². The summed E-state index contributed by atoms with van der Waals surface area (Å²) in [5.74, 6) is 0.353. The number of hydrogen-bond donors (Lipinski definition) is 1. The molecule has 0 aliphatic carbocycles. The third-order valence-corrected chi connectivity index (χ3v) is 6.46. The maximum Gasteiger partial charge on any atom is 0.311 e. The molecular weight excluding hydrogens is 407 g/mol. The Balaban J connectivity index is 1.25. The first-order valence-electron chi connectivity index (χ1n) is 11.1. The molecule has 32 heavy (non-hydrogen) atoms. The molecule has 3 aromatic rings. The van der Waals surface area contributed by atoms with Crippen LogP contribution < -0.4 is 4.74 Å². The molecule has 0 radical (unpaired) electrons. The Morgan fingerprint density at radius 3 is 2.84 bits per heavy atom. The minimum absolute atomic E-state index is 0.134. The highest BCUT2D eigenvalue weighted by Crippen LogP contribution is 2.31. The van der Waals surface area contributed by atoms with Gasteiger partial charge < -0.3 is 4.74 Å². The maximum absolute atomic E-state index is 14.1. The second-order valence-electron chi connectivity index (χ2n) is 8.71. The van der Waals surface area contributed by atoms with Crippen LogP contribution in [-0.2, 0) is 24.3 Å². The van der Waals surface area contributed by atoms with Crippen molar-refractivity contribution in [3.63, 3.8) is 0 Å². The van der Waals surface area contributed by atoms with Crippen LogP contribution in [-0.4, -0.2) is 51.6 Å². The van der Waals surface area contributed by atoms with Crippen LogP contribution in [0.4, 0.5) is 4.39 Å². The van der Waals surface area contributed by atoms with Crippen molar-refractivity contribution in [3.8, 4) is 17.0 Å². The number of nitrogens with one attached hydrogen (secondary N) is 1. The van der Waals surface area contributed by atoms with Gasteiger partial charge in [-0.05, 0) is 43.2 Å². The number of halogens is 1. The van der Waals surface area contributed by atoms with Crippen molar-refractivity contribution < 1.29 is 13.9 Å². The van der Waals surface area contributed by atoms with Gasteiger partial charge in [0.25, 0.3) is 0 Å². The van der Waals surface area contributed by atoms with Gasteiger partial charge in [0, 0.05) is 55.5 Å². The number of H-pyrrole nitrogens is 1. The van der Waals surface area contributed by atoms with E-state index in [1.807, 2.05) is 30.5 Å². The van der Waals surface area contributed by atoms with E-state index in [1.165, 1.54) is 6.07 Å². The van der Waals surface area contributed by atoms with Crippen LogP contribution in [0.1, 0.15) is 30.0 Å². The predicted molar refractivity (Wildman–Crippen MR) is 120 cm³/mol. The molecule has 0 amide bonds. The Kier molecular flexibility index (Phi) is 5.76. The van der Waals surface area contributed by atoms with E-state index in [0.29, 0.717) is 31.2 Å². The van der Waals surface area contributed by atoms with Gasteiger partial charge >= 0.3 is 5.97 Å². The van der Waals surface area contributed by atoms with Crippen LogP contribution in [0.5, 0.6) is 5.75 Å². The molecule has 1 saturated heterocycles. The molecule has 6 nitrogen and oxygen atoms in total. The second-order valence-corrected chi connectivity index (χ2v) is 8.71. The normalized spacial score (nSPS) is 19.6. The summed E-state index contributed by atoms with van der Waals surface area (Å²) < 4.78 is 19.4. The van der Waals surface area contributed by atoms with Gasteiger partial charge in [0.05, 0.1) is 18.3 Å². The summed E-state index contributed by atoms with van der Waals surface area (Å²) in [7, 11) is 0. The van der Waals surface area contributed by atoms with Crippen LogP contribution in [0.2, 0.25) is 0 Å². The third kappa shape index (κ3) is 4.31. The Hall–Kier alpha value is -3.03. The number of carbonyl (C=O) groups is 1. The lowest BCUT2D eigenvalue weighted by Crippen LogP contribution is -2.51. The molecule has 2 aromatic carbocycles. The average molecular weight is 435 g/mol. The van der Waals surface area contributed by atoms with E-state index in [0.717, 1.165) is 54.1 Å². The SMILES string of the molecule is C[C@@H]1CN(Cc2cn[nH]c2-c2ccc3c(c2)CCC(=O)O3)CCN1Cc1ccccc1F. The highest BCUT2D eigenvalue weighted by atomic mass is 19.1. The molecule has 2 aliphatic rings. The van der Waals surface area contributed by atoms with E-state index in [1.54, 1.807) is 6.07 Å². The van der Waals surface area contributed by atoms with Crippen molar-refractivity contribution >= 4 is 5.97 Å². The molecule has 166 valence electrons. The van der Waals surface area contributed by atoms with Crippen LogP contribution in [0.15, 0.2) is 48.7 Å². The van der Waals surface area contributed by atoms with E-state index in [9.17, 15) is 9.18 Å². The Bertz CT molecular complexity index is 1130. The van der Waals surface area contributed by atoms with Gasteiger partial charge in [0.15, 0.2) is 0 Å². The molecule has 0 unspecified atom stereocenters. The number of esters is 1. The van der Waals surface area contributed by atoms with Gasteiger partial charge in [-0.3, -0.25) is 19.7 Å². The number of carbonyl (C=O) groups excluding carboxylic acids is 1. The summed E-state index contributed by atoms with van der Waals surface area (Å²) in [6.07, 6.45) is 3.01. The molecule has 1 atom stereocenters. The minimum Gasteiger partial charge on any atom is -0.426 e. The van der Waals surface area contributed by atoms with Gasteiger partial charge in [0.1, 0.15) is 11.6 Å². The topological polar surface area (TPSA) is 61.5 Å². The second kappa shape index (κ2) is 8.84. The minimum atomic E-state index is -0.171. The first-order valence-corrected chi connectivity index (χ1v) is 11.1. The summed E-state index contributed by atoms with van der Waals surface area (Å²) in [4.78, 5) is 16.3. The molecule has 3 heterocycles. The summed E-state index contributed by atoms with van der Waals surface area (Å²) in [6.45, 7) is 6.37. The van der Waals surface area contributed by atoms with Crippen LogP contribution in [0.3, 0.4) is 0 Å². The van der Waals surface area contributed by atoms with Gasteiger partial charge in [-0.25, -0.2) is 4.39 Å². The number of rotatable bonds is 5. The fraction of sp³-hybridized carbons (Fsp3) is 0.360. The summed E-state index contributed by atoms with van der Waals surface area (Å²) >= 11 is 0. The van der Waals surface area contributed by atoms with Crippen molar-refractivity contribution in [2.75, 3.05) is 19.6 Å². The third-order valence-electron chi connectivity index (χ3n) is 6.46. The monoisotopic (exact) mass is 434 g/mol. The lowest BCUT2D eigenvalue weighted by atomic mass is 10.00. The molecule has 0 bridgehead atoms. The Labute approximate surface area is 187 Å². The predicted octanol–water partition coefficient (Wildman–Crippen LogP) is 3.77. The number of ether oxygens (including phenoxy) is 1. The molecule has 1 fully saturated rings. The fourth-order valence-electron chi connectivity index (χ4n) is 4.66. The number of hydrogen-bond acceptors (Lipinski definition) is 5. The lowest BCUT2D eigenvalue weighted by molar-refractivity contribution is -0.135. The molecule has 0 saturated carbocycles. The van der Waals surface area contributed by atoms with E-state index >= 15 is 0 Å². The van der Waals surface area contributed by atoms with Crippen molar-refractivity contribution in [1.29, 1.82) is 0 Å². The summed E-state index contributed by atoms with van der Waals surface area (Å²) in [6, 6.07) is 13.3. The maximum atomic E-state index is 14.1. The molecule has 5 rings (SSSR count). The lowest BCUT2D eigenvalue weighted by Gasteiger charge is -2.40. The summed E-state index contributed by atoms with van der Waals surface area (Å²) in [5.41, 5.74) is 5.01. The van der Waals surface area contributed by atoms with Gasteiger partial charge in [-0.2, -0.15) is 5.10 Å². The standard InChI is InChI=1S/C25H27FN4O2/c1-17-14-29(10-11-30(17)16-20-4-2-3-5-22(20)26)15-21-13-27-28-25(21)19-6-8-23-18(12-19)7-9-24(31)32-23/h2-6,8,12-13,17H,7,9-11,14-16H2,1H3,(H,27,28)/t17-/m1/s1. The van der Waals surface area contributed by atoms with Gasteiger partial charge in [0.2, 0.25) is 0 Å². The zero-order valence-electron chi connectivity index (χ0n) is 18.2. The quantitative estimate of drug-likeness (QED) is 0.489. The Morgan fingerprint density at radius 1 is 1.12 bits per heavy atom. The van der Waals surface area contributed by atoms with Gasteiger partial charge in [-0.1, -0.05) is 18.2 Å². The van der Waals surface area contributed by atoms with Gasteiger partial charge in [-0.15, -0.1) is 0 Å². The van der Waals surface area contributed by atoms with E-state index < -0.39 is 0 Å². The smallest absolute Gasteiger partial charge is 0.311 e. The zero-order chi connectivity index (χ0) is 22.1. The average Bonchev–Trinajstić information content (AvgIpc) is 3.25. The molecule has 7 heteroatoms. The highest BCUT2D eigenvalue weighted by Gasteiger charge is 2.25. The largest absolute Gasteiger partial charge is 0.426 e. The van der Waals surface area contributed by atoms with E-state index in [4.69, 9.17) is 4.74 Å². The van der Waals surface area contributed by atoms with Crippen molar-refractivity contribution in [3.05, 3.63) is 71.2 Å². The van der Waals surface area contributed by atoms with Crippen LogP contribution >= 0.6 is 0 Å². The fourth-order valence-corrected chi connectivity index (χ4v) is 4.66. The number of fused-ring (bicyclic) bond motifs is 1. The molecular formula is C25H27FN4O2. The number of aryl methyl sites for hydroxylation is 1. The first-order chi connectivity index (χ1) is 15.6. The number of aromatic amines is 1. The number of piperazine rings is 1. The molecule has 1 N–H and O–H groups in total. The Morgan fingerprint density at radius 2 is 2.00 bits per heavy atom. The first kappa shape index (κ1) is 20.8. The van der Waals surface area contributed by atoms with E-state index in [2.05, 4.69) is 33.0 Å². The summed E-state index contributed by atoms with van der Waals surface area (Å²) in [5, 5.41) is 7.45. The van der Waals surface area contributed by atoms with Crippen LogP contribution in [0, 0.1) is 5.82 Å². The molecule has 2 aliphatic heterocycles. The zero-order valence-corrected chi connectivity index (χ0v) is 18.2. The molecule has 1 aromatic heterocycles. The van der Waals surface area contributed by atoms with E-state index in [-0.39, 0.29) is 11.8 Å². The number of benzene rings is 2. The van der Waals surface area contributed by atoms with Crippen molar-refractivity contribution in [2.45, 2.75) is 38.9 Å². The van der Waals surface area contributed by atoms with Crippen molar-refractivity contribution in [1.82, 2.24) is 20.0 Å². The number of aromatic nitrogens is 2.